The lowest BCUT2D eigenvalue weighted by Gasteiger charge is -2.16. The first-order valence-corrected chi connectivity index (χ1v) is 4.20. The van der Waals surface area contributed by atoms with Crippen molar-refractivity contribution in [1.82, 2.24) is 9.97 Å². The second kappa shape index (κ2) is 4.09. The summed E-state index contributed by atoms with van der Waals surface area (Å²) < 4.78 is 40.8. The standard InChI is InChI=1S/C7H7ClF3N3O/c1-3(7(9,10)11)15-5-2-4(8)13-6(12)14-5/h2-3H,1H3,(H2,12,13,14). The Bertz CT molecular complexity index is 338. The van der Waals surface area contributed by atoms with E-state index in [0.717, 1.165) is 13.0 Å². The van der Waals surface area contributed by atoms with Gasteiger partial charge in [0.1, 0.15) is 5.15 Å². The summed E-state index contributed by atoms with van der Waals surface area (Å²) in [7, 11) is 0. The quantitative estimate of drug-likeness (QED) is 0.805. The van der Waals surface area contributed by atoms with Crippen molar-refractivity contribution in [3.8, 4) is 5.88 Å². The largest absolute Gasteiger partial charge is 0.465 e. The number of alkyl halides is 3. The van der Waals surface area contributed by atoms with E-state index in [0.29, 0.717) is 0 Å². The van der Waals surface area contributed by atoms with E-state index >= 15 is 0 Å². The van der Waals surface area contributed by atoms with E-state index in [1.807, 2.05) is 0 Å². The van der Waals surface area contributed by atoms with Crippen molar-refractivity contribution in [2.24, 2.45) is 0 Å². The number of hydrogen-bond acceptors (Lipinski definition) is 4. The Labute approximate surface area is 88.2 Å². The second-order valence-electron chi connectivity index (χ2n) is 2.69. The van der Waals surface area contributed by atoms with Gasteiger partial charge < -0.3 is 10.5 Å². The highest BCUT2D eigenvalue weighted by atomic mass is 35.5. The summed E-state index contributed by atoms with van der Waals surface area (Å²) in [5.74, 6) is -0.552. The molecule has 1 unspecified atom stereocenters. The van der Waals surface area contributed by atoms with E-state index in [4.69, 9.17) is 17.3 Å². The molecule has 84 valence electrons. The predicted octanol–water partition coefficient (Wildman–Crippen LogP) is 2.04. The molecular formula is C7H7ClF3N3O. The molecule has 0 bridgehead atoms. The highest BCUT2D eigenvalue weighted by Gasteiger charge is 2.38. The van der Waals surface area contributed by atoms with Gasteiger partial charge >= 0.3 is 6.18 Å². The summed E-state index contributed by atoms with van der Waals surface area (Å²) in [5, 5.41) is -0.0770. The summed E-state index contributed by atoms with van der Waals surface area (Å²) in [5.41, 5.74) is 5.18. The molecule has 0 radical (unpaired) electrons. The number of nitrogens with zero attached hydrogens (tertiary/aromatic N) is 2. The highest BCUT2D eigenvalue weighted by Crippen LogP contribution is 2.25. The lowest BCUT2D eigenvalue weighted by molar-refractivity contribution is -0.189. The van der Waals surface area contributed by atoms with Crippen molar-refractivity contribution in [3.05, 3.63) is 11.2 Å². The van der Waals surface area contributed by atoms with Crippen LogP contribution in [-0.4, -0.2) is 22.2 Å². The van der Waals surface area contributed by atoms with E-state index in [1.54, 1.807) is 0 Å². The zero-order valence-electron chi connectivity index (χ0n) is 7.55. The van der Waals surface area contributed by atoms with E-state index in [2.05, 4.69) is 14.7 Å². The number of halogens is 4. The van der Waals surface area contributed by atoms with Gasteiger partial charge in [-0.15, -0.1) is 0 Å². The molecule has 0 saturated carbocycles. The zero-order chi connectivity index (χ0) is 11.6. The van der Waals surface area contributed by atoms with Gasteiger partial charge in [-0.05, 0) is 6.92 Å². The van der Waals surface area contributed by atoms with Crippen LogP contribution < -0.4 is 10.5 Å². The summed E-state index contributed by atoms with van der Waals surface area (Å²) in [4.78, 5) is 6.92. The fourth-order valence-electron chi connectivity index (χ4n) is 0.722. The van der Waals surface area contributed by atoms with Gasteiger partial charge in [0, 0.05) is 6.07 Å². The van der Waals surface area contributed by atoms with Gasteiger partial charge in [-0.2, -0.15) is 18.2 Å². The first-order valence-electron chi connectivity index (χ1n) is 3.82. The molecule has 1 rings (SSSR count). The number of nitrogens with two attached hydrogens (primary N) is 1. The average Bonchev–Trinajstić information content (AvgIpc) is 1.99. The topological polar surface area (TPSA) is 61.0 Å². The molecule has 0 aliphatic carbocycles. The Kier molecular flexibility index (Phi) is 3.23. The number of nitrogen functional groups attached to an aromatic ring is 1. The van der Waals surface area contributed by atoms with Gasteiger partial charge in [0.2, 0.25) is 11.8 Å². The number of rotatable bonds is 2. The number of aromatic nitrogens is 2. The molecule has 1 atom stereocenters. The minimum absolute atomic E-state index is 0.0770. The molecule has 1 heterocycles. The molecule has 0 aromatic carbocycles. The normalized spacial score (nSPS) is 13.7. The van der Waals surface area contributed by atoms with E-state index in [-0.39, 0.29) is 17.0 Å². The first kappa shape index (κ1) is 11.8. The molecule has 1 aromatic heterocycles. The van der Waals surface area contributed by atoms with Crippen LogP contribution in [0.5, 0.6) is 5.88 Å². The van der Waals surface area contributed by atoms with Crippen LogP contribution in [0.2, 0.25) is 5.15 Å². The highest BCUT2D eigenvalue weighted by molar-refractivity contribution is 6.29. The minimum Gasteiger partial charge on any atom is -0.465 e. The Morgan fingerprint density at radius 2 is 2.07 bits per heavy atom. The van der Waals surface area contributed by atoms with Crippen LogP contribution in [0.1, 0.15) is 6.92 Å². The van der Waals surface area contributed by atoms with Crippen molar-refractivity contribution in [3.63, 3.8) is 0 Å². The van der Waals surface area contributed by atoms with Crippen molar-refractivity contribution in [1.29, 1.82) is 0 Å². The van der Waals surface area contributed by atoms with Gasteiger partial charge in [-0.3, -0.25) is 0 Å². The van der Waals surface area contributed by atoms with Crippen LogP contribution >= 0.6 is 11.6 Å². The molecule has 1 aromatic rings. The van der Waals surface area contributed by atoms with Gasteiger partial charge in [-0.25, -0.2) is 4.98 Å². The molecule has 15 heavy (non-hydrogen) atoms. The number of hydrogen-bond donors (Lipinski definition) is 1. The molecule has 2 N–H and O–H groups in total. The summed E-state index contributed by atoms with van der Waals surface area (Å²) in [6.45, 7) is 0.853. The molecule has 0 saturated heterocycles. The van der Waals surface area contributed by atoms with Crippen LogP contribution in [-0.2, 0) is 0 Å². The SMILES string of the molecule is CC(Oc1cc(Cl)nc(N)n1)C(F)(F)F. The Balaban J connectivity index is 2.81. The third-order valence-corrected chi connectivity index (χ3v) is 1.64. The number of anilines is 1. The van der Waals surface area contributed by atoms with Crippen LogP contribution in [0, 0.1) is 0 Å². The summed E-state index contributed by atoms with van der Waals surface area (Å²) >= 11 is 5.46. The van der Waals surface area contributed by atoms with Crippen LogP contribution in [0.15, 0.2) is 6.07 Å². The smallest absolute Gasteiger partial charge is 0.425 e. The van der Waals surface area contributed by atoms with Crippen molar-refractivity contribution in [2.45, 2.75) is 19.2 Å². The van der Waals surface area contributed by atoms with Gasteiger partial charge in [0.05, 0.1) is 0 Å². The first-order chi connectivity index (χ1) is 6.79. The van der Waals surface area contributed by atoms with Crippen LogP contribution in [0.3, 0.4) is 0 Å². The lowest BCUT2D eigenvalue weighted by atomic mass is 10.4. The second-order valence-corrected chi connectivity index (χ2v) is 3.08. The van der Waals surface area contributed by atoms with Gasteiger partial charge in [0.25, 0.3) is 0 Å². The predicted molar refractivity (Wildman–Crippen MR) is 47.6 cm³/mol. The van der Waals surface area contributed by atoms with Gasteiger partial charge in [-0.1, -0.05) is 11.6 Å². The fraction of sp³-hybridized carbons (Fsp3) is 0.429. The maximum Gasteiger partial charge on any atom is 0.425 e. The Hall–Kier alpha value is -1.24. The number of ether oxygens (including phenoxy) is 1. The van der Waals surface area contributed by atoms with E-state index < -0.39 is 12.3 Å². The van der Waals surface area contributed by atoms with Crippen LogP contribution in [0.4, 0.5) is 19.1 Å². The third kappa shape index (κ3) is 3.43. The molecular weight excluding hydrogens is 235 g/mol. The van der Waals surface area contributed by atoms with E-state index in [1.165, 1.54) is 0 Å². The molecule has 0 aliphatic heterocycles. The monoisotopic (exact) mass is 241 g/mol. The van der Waals surface area contributed by atoms with Gasteiger partial charge in [0.15, 0.2) is 6.10 Å². The van der Waals surface area contributed by atoms with Crippen molar-refractivity contribution < 1.29 is 17.9 Å². The average molecular weight is 242 g/mol. The summed E-state index contributed by atoms with van der Waals surface area (Å²) in [6.07, 6.45) is -6.45. The summed E-state index contributed by atoms with van der Waals surface area (Å²) in [6, 6.07) is 1.06. The Morgan fingerprint density at radius 1 is 1.47 bits per heavy atom. The lowest BCUT2D eigenvalue weighted by Crippen LogP contribution is -2.31. The van der Waals surface area contributed by atoms with Crippen molar-refractivity contribution >= 4 is 17.5 Å². The third-order valence-electron chi connectivity index (χ3n) is 1.45. The molecule has 0 spiro atoms. The van der Waals surface area contributed by atoms with E-state index in [9.17, 15) is 13.2 Å². The molecule has 0 amide bonds. The molecule has 4 nitrogen and oxygen atoms in total. The maximum atomic E-state index is 12.1. The fourth-order valence-corrected chi connectivity index (χ4v) is 0.902. The molecule has 8 heteroatoms. The zero-order valence-corrected chi connectivity index (χ0v) is 8.30. The molecule has 0 aliphatic rings. The van der Waals surface area contributed by atoms with Crippen molar-refractivity contribution in [2.75, 3.05) is 5.73 Å². The maximum absolute atomic E-state index is 12.1. The Morgan fingerprint density at radius 3 is 2.53 bits per heavy atom. The van der Waals surface area contributed by atoms with Crippen LogP contribution in [0.25, 0.3) is 0 Å². The molecule has 0 fully saturated rings. The minimum atomic E-state index is -4.47.